The molecular formula is C8H21NO2Si. The minimum atomic E-state index is -1.82. The summed E-state index contributed by atoms with van der Waals surface area (Å²) < 4.78 is 11.0. The fraction of sp³-hybridized carbons (Fsp3) is 1.00. The molecule has 3 nitrogen and oxygen atoms in total. The van der Waals surface area contributed by atoms with Crippen molar-refractivity contribution in [1.29, 1.82) is 0 Å². The molecule has 0 heterocycles. The van der Waals surface area contributed by atoms with Crippen LogP contribution in [0.2, 0.25) is 12.6 Å². The molecular weight excluding hydrogens is 170 g/mol. The van der Waals surface area contributed by atoms with Gasteiger partial charge in [0.1, 0.15) is 0 Å². The first-order valence-electron chi connectivity index (χ1n) is 4.57. The predicted octanol–water partition coefficient (Wildman–Crippen LogP) is 1.48. The van der Waals surface area contributed by atoms with Crippen molar-refractivity contribution in [1.82, 2.24) is 0 Å². The molecule has 0 bridgehead atoms. The van der Waals surface area contributed by atoms with Gasteiger partial charge >= 0.3 is 8.56 Å². The van der Waals surface area contributed by atoms with Gasteiger partial charge < -0.3 is 14.6 Å². The van der Waals surface area contributed by atoms with Crippen LogP contribution in [0.4, 0.5) is 0 Å². The summed E-state index contributed by atoms with van der Waals surface area (Å²) in [5, 5.41) is 0. The number of hydrogen-bond acceptors (Lipinski definition) is 3. The lowest BCUT2D eigenvalue weighted by atomic mass is 10.3. The van der Waals surface area contributed by atoms with Gasteiger partial charge in [-0.3, -0.25) is 0 Å². The maximum Gasteiger partial charge on any atom is 0.334 e. The van der Waals surface area contributed by atoms with Gasteiger partial charge in [0.15, 0.2) is 0 Å². The smallest absolute Gasteiger partial charge is 0.334 e. The SMILES string of the molecule is CCO[Si](C)(CCCCN)OC. The molecule has 4 heteroatoms. The zero-order chi connectivity index (χ0) is 9.45. The first kappa shape index (κ1) is 12.1. The molecule has 1 atom stereocenters. The van der Waals surface area contributed by atoms with Gasteiger partial charge in [0.25, 0.3) is 0 Å². The Morgan fingerprint density at radius 1 is 1.33 bits per heavy atom. The van der Waals surface area contributed by atoms with Crippen LogP contribution in [-0.2, 0) is 8.85 Å². The standard InChI is InChI=1S/C8H21NO2Si/c1-4-11-12(3,10-2)8-6-5-7-9/h4-9H2,1-3H3. The Balaban J connectivity index is 3.63. The third kappa shape index (κ3) is 4.87. The van der Waals surface area contributed by atoms with E-state index in [0.717, 1.165) is 32.0 Å². The Morgan fingerprint density at radius 3 is 2.42 bits per heavy atom. The fourth-order valence-electron chi connectivity index (χ4n) is 1.13. The lowest BCUT2D eigenvalue weighted by molar-refractivity contribution is 0.214. The molecule has 0 fully saturated rings. The van der Waals surface area contributed by atoms with Crippen molar-refractivity contribution in [2.45, 2.75) is 32.4 Å². The van der Waals surface area contributed by atoms with Crippen LogP contribution in [0.3, 0.4) is 0 Å². The van der Waals surface area contributed by atoms with E-state index < -0.39 is 8.56 Å². The van der Waals surface area contributed by atoms with Crippen molar-refractivity contribution >= 4 is 8.56 Å². The Morgan fingerprint density at radius 2 is 2.00 bits per heavy atom. The van der Waals surface area contributed by atoms with Gasteiger partial charge in [0, 0.05) is 13.7 Å². The summed E-state index contributed by atoms with van der Waals surface area (Å²) in [6, 6.07) is 1.05. The van der Waals surface area contributed by atoms with E-state index in [1.54, 1.807) is 7.11 Å². The van der Waals surface area contributed by atoms with E-state index in [1.807, 2.05) is 6.92 Å². The number of unbranched alkanes of at least 4 members (excludes halogenated alkanes) is 1. The van der Waals surface area contributed by atoms with Gasteiger partial charge in [0.2, 0.25) is 0 Å². The minimum Gasteiger partial charge on any atom is -0.398 e. The van der Waals surface area contributed by atoms with E-state index in [-0.39, 0.29) is 0 Å². The van der Waals surface area contributed by atoms with E-state index in [0.29, 0.717) is 0 Å². The summed E-state index contributed by atoms with van der Waals surface area (Å²) >= 11 is 0. The molecule has 0 saturated carbocycles. The summed E-state index contributed by atoms with van der Waals surface area (Å²) in [4.78, 5) is 0. The third-order valence-electron chi connectivity index (χ3n) is 1.97. The molecule has 0 amide bonds. The molecule has 12 heavy (non-hydrogen) atoms. The lowest BCUT2D eigenvalue weighted by Gasteiger charge is -2.24. The summed E-state index contributed by atoms with van der Waals surface area (Å²) in [6.07, 6.45) is 2.19. The second kappa shape index (κ2) is 6.60. The lowest BCUT2D eigenvalue weighted by Crippen LogP contribution is -2.37. The van der Waals surface area contributed by atoms with Crippen molar-refractivity contribution in [2.75, 3.05) is 20.3 Å². The van der Waals surface area contributed by atoms with E-state index in [1.165, 1.54) is 0 Å². The van der Waals surface area contributed by atoms with Gasteiger partial charge in [-0.05, 0) is 32.5 Å². The molecule has 0 aromatic rings. The first-order valence-corrected chi connectivity index (χ1v) is 7.10. The highest BCUT2D eigenvalue weighted by molar-refractivity contribution is 6.65. The second-order valence-corrected chi connectivity index (χ2v) is 6.48. The molecule has 0 aromatic carbocycles. The maximum atomic E-state index is 5.60. The van der Waals surface area contributed by atoms with E-state index in [4.69, 9.17) is 14.6 Å². The zero-order valence-electron chi connectivity index (χ0n) is 8.43. The normalized spacial score (nSPS) is 16.0. The second-order valence-electron chi connectivity index (χ2n) is 3.02. The monoisotopic (exact) mass is 191 g/mol. The molecule has 0 aliphatic heterocycles. The van der Waals surface area contributed by atoms with E-state index >= 15 is 0 Å². The van der Waals surface area contributed by atoms with Crippen LogP contribution in [0, 0.1) is 0 Å². The largest absolute Gasteiger partial charge is 0.398 e. The number of hydrogen-bond donors (Lipinski definition) is 1. The predicted molar refractivity (Wildman–Crippen MR) is 53.3 cm³/mol. The molecule has 0 spiro atoms. The van der Waals surface area contributed by atoms with Crippen molar-refractivity contribution < 1.29 is 8.85 Å². The van der Waals surface area contributed by atoms with Crippen molar-refractivity contribution in [2.24, 2.45) is 5.73 Å². The Kier molecular flexibility index (Phi) is 6.65. The van der Waals surface area contributed by atoms with E-state index in [9.17, 15) is 0 Å². The molecule has 1 unspecified atom stereocenters. The summed E-state index contributed by atoms with van der Waals surface area (Å²) in [7, 11) is -0.0758. The van der Waals surface area contributed by atoms with Crippen LogP contribution in [0.1, 0.15) is 19.8 Å². The Hall–Kier alpha value is 0.0969. The van der Waals surface area contributed by atoms with Crippen molar-refractivity contribution in [3.05, 3.63) is 0 Å². The van der Waals surface area contributed by atoms with Crippen molar-refractivity contribution in [3.63, 3.8) is 0 Å². The van der Waals surface area contributed by atoms with Crippen LogP contribution in [-0.4, -0.2) is 28.8 Å². The number of nitrogens with two attached hydrogens (primary N) is 1. The van der Waals surface area contributed by atoms with Crippen molar-refractivity contribution in [3.8, 4) is 0 Å². The molecule has 0 aliphatic carbocycles. The summed E-state index contributed by atoms with van der Waals surface area (Å²) in [5.41, 5.74) is 5.41. The van der Waals surface area contributed by atoms with Crippen LogP contribution < -0.4 is 5.73 Å². The van der Waals surface area contributed by atoms with Crippen LogP contribution in [0.25, 0.3) is 0 Å². The topological polar surface area (TPSA) is 44.5 Å². The molecule has 2 N–H and O–H groups in total. The van der Waals surface area contributed by atoms with Gasteiger partial charge in [-0.15, -0.1) is 0 Å². The van der Waals surface area contributed by atoms with Gasteiger partial charge in [-0.25, -0.2) is 0 Å². The zero-order valence-corrected chi connectivity index (χ0v) is 9.43. The molecule has 0 aromatic heterocycles. The average Bonchev–Trinajstić information content (AvgIpc) is 2.06. The number of rotatable bonds is 7. The quantitative estimate of drug-likeness (QED) is 0.490. The average molecular weight is 191 g/mol. The summed E-state index contributed by atoms with van der Waals surface area (Å²) in [6.45, 7) is 5.62. The third-order valence-corrected chi connectivity index (χ3v) is 4.99. The molecule has 0 saturated heterocycles. The van der Waals surface area contributed by atoms with Gasteiger partial charge in [0.05, 0.1) is 0 Å². The van der Waals surface area contributed by atoms with Crippen LogP contribution >= 0.6 is 0 Å². The van der Waals surface area contributed by atoms with Crippen LogP contribution in [0.15, 0.2) is 0 Å². The molecule has 74 valence electrons. The highest BCUT2D eigenvalue weighted by Gasteiger charge is 2.28. The van der Waals surface area contributed by atoms with Crippen LogP contribution in [0.5, 0.6) is 0 Å². The first-order chi connectivity index (χ1) is 5.68. The molecule has 0 rings (SSSR count). The Labute approximate surface area is 76.5 Å². The fourth-order valence-corrected chi connectivity index (χ4v) is 3.10. The molecule has 0 radical (unpaired) electrons. The van der Waals surface area contributed by atoms with Gasteiger partial charge in [-0.2, -0.15) is 0 Å². The minimum absolute atomic E-state index is 0.749. The highest BCUT2D eigenvalue weighted by atomic mass is 28.4. The maximum absolute atomic E-state index is 5.60. The summed E-state index contributed by atoms with van der Waals surface area (Å²) in [5.74, 6) is 0. The highest BCUT2D eigenvalue weighted by Crippen LogP contribution is 2.15. The Bertz CT molecular complexity index is 113. The van der Waals surface area contributed by atoms with E-state index in [2.05, 4.69) is 6.55 Å². The van der Waals surface area contributed by atoms with Gasteiger partial charge in [-0.1, -0.05) is 6.42 Å². The molecule has 0 aliphatic rings.